The van der Waals surface area contributed by atoms with Gasteiger partial charge in [0.15, 0.2) is 0 Å². The van der Waals surface area contributed by atoms with E-state index in [0.29, 0.717) is 5.92 Å². The van der Waals surface area contributed by atoms with Gasteiger partial charge in [-0.3, -0.25) is 14.9 Å². The highest BCUT2D eigenvalue weighted by atomic mass is 16.5. The van der Waals surface area contributed by atoms with Gasteiger partial charge in [0.25, 0.3) is 0 Å². The molecule has 0 radical (unpaired) electrons. The number of aromatic nitrogens is 2. The molecule has 1 aliphatic heterocycles. The fourth-order valence-electron chi connectivity index (χ4n) is 2.32. The fourth-order valence-corrected chi connectivity index (χ4v) is 2.32. The van der Waals surface area contributed by atoms with Crippen LogP contribution in [0.2, 0.25) is 0 Å². The van der Waals surface area contributed by atoms with Crippen molar-refractivity contribution in [2.45, 2.75) is 33.2 Å². The van der Waals surface area contributed by atoms with Crippen molar-refractivity contribution >= 4 is 0 Å². The summed E-state index contributed by atoms with van der Waals surface area (Å²) in [5.74, 6) is 0.690. The highest BCUT2D eigenvalue weighted by Crippen LogP contribution is 2.18. The summed E-state index contributed by atoms with van der Waals surface area (Å²) in [5, 5.41) is 0. The van der Waals surface area contributed by atoms with Crippen molar-refractivity contribution in [3.63, 3.8) is 0 Å². The topological polar surface area (TPSA) is 38.2 Å². The van der Waals surface area contributed by atoms with Gasteiger partial charge in [0.1, 0.15) is 0 Å². The molecule has 0 bridgehead atoms. The lowest BCUT2D eigenvalue weighted by molar-refractivity contribution is 0.101. The molecule has 0 spiro atoms. The Morgan fingerprint density at radius 1 is 1.39 bits per heavy atom. The highest BCUT2D eigenvalue weighted by Gasteiger charge is 2.22. The summed E-state index contributed by atoms with van der Waals surface area (Å²) >= 11 is 0. The molecule has 0 aromatic carbocycles. The van der Waals surface area contributed by atoms with Gasteiger partial charge in [-0.1, -0.05) is 6.92 Å². The minimum atomic E-state index is 0.690. The molecule has 2 heterocycles. The molecule has 1 atom stereocenters. The lowest BCUT2D eigenvalue weighted by atomic mass is 10.1. The molecule has 2 rings (SSSR count). The number of rotatable bonds is 6. The second-order valence-electron chi connectivity index (χ2n) is 5.11. The average Bonchev–Trinajstić information content (AvgIpc) is 2.80. The van der Waals surface area contributed by atoms with Crippen LogP contribution in [-0.2, 0) is 11.3 Å². The van der Waals surface area contributed by atoms with Crippen LogP contribution in [0.25, 0.3) is 0 Å². The predicted molar refractivity (Wildman–Crippen MR) is 71.3 cm³/mol. The van der Waals surface area contributed by atoms with Crippen LogP contribution in [0.5, 0.6) is 0 Å². The monoisotopic (exact) mass is 249 g/mol. The van der Waals surface area contributed by atoms with E-state index in [1.807, 2.05) is 19.3 Å². The van der Waals surface area contributed by atoms with Crippen molar-refractivity contribution in [1.82, 2.24) is 14.9 Å². The van der Waals surface area contributed by atoms with Crippen molar-refractivity contribution in [3.8, 4) is 0 Å². The second-order valence-corrected chi connectivity index (χ2v) is 5.11. The molecule has 0 aliphatic carbocycles. The third kappa shape index (κ3) is 4.03. The summed E-state index contributed by atoms with van der Waals surface area (Å²) < 4.78 is 5.63. The number of aryl methyl sites for hydroxylation is 1. The molecule has 0 unspecified atom stereocenters. The zero-order valence-corrected chi connectivity index (χ0v) is 11.4. The van der Waals surface area contributed by atoms with Crippen LogP contribution in [0.4, 0.5) is 0 Å². The summed E-state index contributed by atoms with van der Waals surface area (Å²) in [6, 6.07) is 0. The van der Waals surface area contributed by atoms with Crippen LogP contribution >= 0.6 is 0 Å². The van der Waals surface area contributed by atoms with Crippen LogP contribution in [0, 0.1) is 12.8 Å². The summed E-state index contributed by atoms with van der Waals surface area (Å²) in [7, 11) is 0. The Bertz CT molecular complexity index is 353. The van der Waals surface area contributed by atoms with E-state index in [4.69, 9.17) is 4.74 Å². The van der Waals surface area contributed by atoms with Crippen molar-refractivity contribution < 1.29 is 4.74 Å². The van der Waals surface area contributed by atoms with Crippen LogP contribution < -0.4 is 0 Å². The van der Waals surface area contributed by atoms with Gasteiger partial charge in [-0.05, 0) is 32.2 Å². The molecule has 1 fully saturated rings. The van der Waals surface area contributed by atoms with E-state index < -0.39 is 0 Å². The third-order valence-electron chi connectivity index (χ3n) is 3.29. The Morgan fingerprint density at radius 2 is 2.28 bits per heavy atom. The quantitative estimate of drug-likeness (QED) is 0.723. The summed E-state index contributed by atoms with van der Waals surface area (Å²) in [6.45, 7) is 9.10. The standard InChI is InChI=1S/C14H23N3O/c1-3-6-18-11-13-4-5-17(9-13)10-14-8-15-12(2)7-16-14/h7-8,13H,3-6,9-11H2,1-2H3/t13-/m1/s1. The van der Waals surface area contributed by atoms with Gasteiger partial charge in [0.2, 0.25) is 0 Å². The van der Waals surface area contributed by atoms with E-state index in [1.54, 1.807) is 0 Å². The Kier molecular flexibility index (Phi) is 5.08. The molecule has 1 aromatic rings. The molecule has 1 aliphatic rings. The first-order valence-corrected chi connectivity index (χ1v) is 6.85. The van der Waals surface area contributed by atoms with Gasteiger partial charge in [0, 0.05) is 32.1 Å². The normalized spacial score (nSPS) is 20.4. The average molecular weight is 249 g/mol. The minimum Gasteiger partial charge on any atom is -0.381 e. The Balaban J connectivity index is 1.73. The number of hydrogen-bond donors (Lipinski definition) is 0. The SMILES string of the molecule is CCCOC[C@@H]1CCN(Cc2cnc(C)cn2)C1. The van der Waals surface area contributed by atoms with E-state index in [2.05, 4.69) is 21.8 Å². The van der Waals surface area contributed by atoms with Crippen LogP contribution in [-0.4, -0.2) is 41.2 Å². The lowest BCUT2D eigenvalue weighted by Crippen LogP contribution is -2.22. The van der Waals surface area contributed by atoms with Gasteiger partial charge in [-0.15, -0.1) is 0 Å². The van der Waals surface area contributed by atoms with Crippen molar-refractivity contribution in [1.29, 1.82) is 0 Å². The molecule has 1 aromatic heterocycles. The van der Waals surface area contributed by atoms with Gasteiger partial charge >= 0.3 is 0 Å². The van der Waals surface area contributed by atoms with Gasteiger partial charge < -0.3 is 4.74 Å². The smallest absolute Gasteiger partial charge is 0.0727 e. The number of likely N-dealkylation sites (tertiary alicyclic amines) is 1. The maximum atomic E-state index is 5.63. The van der Waals surface area contributed by atoms with E-state index in [1.165, 1.54) is 6.42 Å². The third-order valence-corrected chi connectivity index (χ3v) is 3.29. The first-order chi connectivity index (χ1) is 8.78. The number of nitrogens with zero attached hydrogens (tertiary/aromatic N) is 3. The Morgan fingerprint density at radius 3 is 3.00 bits per heavy atom. The van der Waals surface area contributed by atoms with Gasteiger partial charge in [0.05, 0.1) is 18.0 Å². The predicted octanol–water partition coefficient (Wildman–Crippen LogP) is 2.03. The molecular weight excluding hydrogens is 226 g/mol. The molecule has 100 valence electrons. The molecule has 0 amide bonds. The molecule has 4 heteroatoms. The highest BCUT2D eigenvalue weighted by molar-refractivity contribution is 5.00. The fraction of sp³-hybridized carbons (Fsp3) is 0.714. The van der Waals surface area contributed by atoms with E-state index >= 15 is 0 Å². The van der Waals surface area contributed by atoms with Crippen molar-refractivity contribution in [2.75, 3.05) is 26.3 Å². The maximum Gasteiger partial charge on any atom is 0.0727 e. The summed E-state index contributed by atoms with van der Waals surface area (Å²) in [5.41, 5.74) is 2.04. The van der Waals surface area contributed by atoms with Gasteiger partial charge in [-0.25, -0.2) is 0 Å². The molecule has 0 N–H and O–H groups in total. The zero-order valence-electron chi connectivity index (χ0n) is 11.4. The first kappa shape index (κ1) is 13.4. The lowest BCUT2D eigenvalue weighted by Gasteiger charge is -2.15. The van der Waals surface area contributed by atoms with Crippen LogP contribution in [0.1, 0.15) is 31.2 Å². The van der Waals surface area contributed by atoms with Crippen LogP contribution in [0.3, 0.4) is 0 Å². The van der Waals surface area contributed by atoms with Gasteiger partial charge in [-0.2, -0.15) is 0 Å². The molecule has 4 nitrogen and oxygen atoms in total. The zero-order chi connectivity index (χ0) is 12.8. The van der Waals surface area contributed by atoms with E-state index in [9.17, 15) is 0 Å². The minimum absolute atomic E-state index is 0.690. The molecule has 0 saturated carbocycles. The molecule has 1 saturated heterocycles. The maximum absolute atomic E-state index is 5.63. The van der Waals surface area contributed by atoms with E-state index in [0.717, 1.165) is 50.7 Å². The molecular formula is C14H23N3O. The Labute approximate surface area is 109 Å². The second kappa shape index (κ2) is 6.81. The first-order valence-electron chi connectivity index (χ1n) is 6.85. The van der Waals surface area contributed by atoms with E-state index in [-0.39, 0.29) is 0 Å². The largest absolute Gasteiger partial charge is 0.381 e. The van der Waals surface area contributed by atoms with Crippen molar-refractivity contribution in [2.24, 2.45) is 5.92 Å². The number of ether oxygens (including phenoxy) is 1. The molecule has 18 heavy (non-hydrogen) atoms. The summed E-state index contributed by atoms with van der Waals surface area (Å²) in [6.07, 6.45) is 6.07. The van der Waals surface area contributed by atoms with Crippen LogP contribution in [0.15, 0.2) is 12.4 Å². The summed E-state index contributed by atoms with van der Waals surface area (Å²) in [4.78, 5) is 11.1. The van der Waals surface area contributed by atoms with Crippen molar-refractivity contribution in [3.05, 3.63) is 23.8 Å². The number of hydrogen-bond acceptors (Lipinski definition) is 4. The Hall–Kier alpha value is -1.00.